The number of esters is 1. The number of carbonyl (C=O) groups is 1. The average molecular weight is 137 g/mol. The number of nitriles is 1. The Bertz CT molecular complexity index is 241. The molecule has 0 aromatic heterocycles. The molecule has 0 saturated heterocycles. The summed E-state index contributed by atoms with van der Waals surface area (Å²) in [4.78, 5) is 10.3. The van der Waals surface area contributed by atoms with Crippen LogP contribution in [0.25, 0.3) is 0 Å². The molecule has 0 aliphatic rings. The van der Waals surface area contributed by atoms with E-state index in [4.69, 9.17) is 10.4 Å². The number of allylic oxidation sites excluding steroid dienone is 1. The lowest BCUT2D eigenvalue weighted by Gasteiger charge is -1.90. The van der Waals surface area contributed by atoms with Crippen LogP contribution in [0.3, 0.4) is 0 Å². The maximum atomic E-state index is 10.3. The molecule has 0 radical (unpaired) electrons. The van der Waals surface area contributed by atoms with Crippen LogP contribution in [0.15, 0.2) is 11.8 Å². The lowest BCUT2D eigenvalue weighted by molar-refractivity contribution is -0.135. The first-order valence-corrected chi connectivity index (χ1v) is 2.18. The zero-order valence-corrected chi connectivity index (χ0v) is 4.87. The van der Waals surface area contributed by atoms with Crippen molar-refractivity contribution in [2.24, 2.45) is 0 Å². The Morgan fingerprint density at radius 3 is 2.80 bits per heavy atom. The summed E-state index contributed by atoms with van der Waals surface area (Å²) >= 11 is 0. The predicted molar refractivity (Wildman–Crippen MR) is 31.2 cm³/mol. The van der Waals surface area contributed by atoms with Crippen LogP contribution in [-0.2, 0) is 9.53 Å². The Labute approximate surface area is 57.3 Å². The largest absolute Gasteiger partial charge is 0.501 e. The van der Waals surface area contributed by atoms with Gasteiger partial charge >= 0.3 is 5.97 Å². The number of hydrogen-bond donors (Lipinski definition) is 1. The van der Waals surface area contributed by atoms with Crippen molar-refractivity contribution < 1.29 is 14.6 Å². The van der Waals surface area contributed by atoms with Crippen LogP contribution in [0.4, 0.5) is 0 Å². The van der Waals surface area contributed by atoms with E-state index in [0.717, 1.165) is 0 Å². The molecular formula is C6H3NO3. The minimum Gasteiger partial charge on any atom is -0.501 e. The number of aliphatic hydroxyl groups is 1. The molecule has 10 heavy (non-hydrogen) atoms. The highest BCUT2D eigenvalue weighted by atomic mass is 16.5. The smallest absolute Gasteiger partial charge is 0.388 e. The van der Waals surface area contributed by atoms with Gasteiger partial charge in [-0.15, -0.1) is 0 Å². The Kier molecular flexibility index (Phi) is 3.22. The third kappa shape index (κ3) is 2.39. The maximum absolute atomic E-state index is 10.3. The molecule has 0 saturated carbocycles. The molecule has 0 aliphatic heterocycles. The summed E-state index contributed by atoms with van der Waals surface area (Å²) in [5, 5.41) is 16.4. The first-order chi connectivity index (χ1) is 4.72. The van der Waals surface area contributed by atoms with Crippen LogP contribution in [0.2, 0.25) is 0 Å². The van der Waals surface area contributed by atoms with Crippen molar-refractivity contribution >= 4 is 5.97 Å². The van der Waals surface area contributed by atoms with Crippen LogP contribution in [0, 0.1) is 23.9 Å². The zero-order chi connectivity index (χ0) is 7.98. The summed E-state index contributed by atoms with van der Waals surface area (Å²) in [6.45, 7) is 0. The SMILES string of the molecule is C#COC(=O)/C(O)=C\C#N. The molecule has 0 aromatic rings. The molecule has 0 rings (SSSR count). The highest BCUT2D eigenvalue weighted by Crippen LogP contribution is 1.89. The molecule has 0 spiro atoms. The Morgan fingerprint density at radius 2 is 2.40 bits per heavy atom. The van der Waals surface area contributed by atoms with E-state index in [9.17, 15) is 4.79 Å². The number of terminal acetylenes is 1. The molecule has 0 fully saturated rings. The summed E-state index contributed by atoms with van der Waals surface area (Å²) in [7, 11) is 0. The van der Waals surface area contributed by atoms with Crippen LogP contribution in [0.5, 0.6) is 0 Å². The van der Waals surface area contributed by atoms with E-state index in [1.807, 2.05) is 0 Å². The van der Waals surface area contributed by atoms with E-state index >= 15 is 0 Å². The second-order valence-corrected chi connectivity index (χ2v) is 1.17. The second-order valence-electron chi connectivity index (χ2n) is 1.17. The summed E-state index contributed by atoms with van der Waals surface area (Å²) in [6, 6.07) is 1.43. The van der Waals surface area contributed by atoms with Crippen LogP contribution in [0.1, 0.15) is 0 Å². The highest BCUT2D eigenvalue weighted by Gasteiger charge is 2.06. The van der Waals surface area contributed by atoms with Gasteiger partial charge in [-0.3, -0.25) is 0 Å². The number of carbonyl (C=O) groups excluding carboxylic acids is 1. The molecule has 0 amide bonds. The van der Waals surface area contributed by atoms with E-state index in [1.54, 1.807) is 6.11 Å². The standard InChI is InChI=1S/C6H3NO3/c1-2-10-6(9)5(8)3-4-7/h1,3,8H/b5-3+. The zero-order valence-electron chi connectivity index (χ0n) is 4.87. The van der Waals surface area contributed by atoms with Crippen LogP contribution >= 0.6 is 0 Å². The van der Waals surface area contributed by atoms with Gasteiger partial charge in [0.15, 0.2) is 0 Å². The molecule has 0 bridgehead atoms. The quantitative estimate of drug-likeness (QED) is 0.183. The summed E-state index contributed by atoms with van der Waals surface area (Å²) in [5.74, 6) is -1.91. The molecule has 0 unspecified atom stereocenters. The molecule has 0 heterocycles. The fourth-order valence-electron chi connectivity index (χ4n) is 0.226. The molecule has 4 nitrogen and oxygen atoms in total. The number of ether oxygens (including phenoxy) is 1. The second kappa shape index (κ2) is 3.99. The Morgan fingerprint density at radius 1 is 1.80 bits per heavy atom. The monoisotopic (exact) mass is 137 g/mol. The van der Waals surface area contributed by atoms with E-state index in [0.29, 0.717) is 6.08 Å². The van der Waals surface area contributed by atoms with Crippen molar-refractivity contribution in [3.8, 4) is 18.6 Å². The van der Waals surface area contributed by atoms with Crippen molar-refractivity contribution in [1.82, 2.24) is 0 Å². The van der Waals surface area contributed by atoms with Crippen molar-refractivity contribution in [3.63, 3.8) is 0 Å². The Balaban J connectivity index is 4.14. The summed E-state index contributed by atoms with van der Waals surface area (Å²) < 4.78 is 3.88. The highest BCUT2D eigenvalue weighted by molar-refractivity contribution is 5.86. The molecule has 0 aromatic carbocycles. The predicted octanol–water partition coefficient (Wildman–Crippen LogP) is 0.0858. The van der Waals surface area contributed by atoms with Crippen molar-refractivity contribution in [3.05, 3.63) is 11.8 Å². The molecular weight excluding hydrogens is 134 g/mol. The molecule has 1 N–H and O–H groups in total. The number of aliphatic hydroxyl groups excluding tert-OH is 1. The topological polar surface area (TPSA) is 70.3 Å². The minimum absolute atomic E-state index is 0.625. The van der Waals surface area contributed by atoms with Gasteiger partial charge in [0.1, 0.15) is 6.11 Å². The van der Waals surface area contributed by atoms with E-state index in [1.165, 1.54) is 6.07 Å². The van der Waals surface area contributed by atoms with Crippen LogP contribution < -0.4 is 0 Å². The molecule has 0 aliphatic carbocycles. The number of nitrogens with zero attached hydrogens (tertiary/aromatic N) is 1. The van der Waals surface area contributed by atoms with E-state index in [-0.39, 0.29) is 0 Å². The van der Waals surface area contributed by atoms with Gasteiger partial charge in [0.05, 0.1) is 12.1 Å². The normalized spacial score (nSPS) is 9.20. The Hall–Kier alpha value is -1.94. The summed E-state index contributed by atoms with van der Waals surface area (Å²) in [5.41, 5.74) is 0. The van der Waals surface area contributed by atoms with Gasteiger partial charge in [-0.05, 0) is 0 Å². The molecule has 50 valence electrons. The van der Waals surface area contributed by atoms with Gasteiger partial charge in [0, 0.05) is 0 Å². The lowest BCUT2D eigenvalue weighted by atomic mass is 10.5. The fraction of sp³-hybridized carbons (Fsp3) is 0. The van der Waals surface area contributed by atoms with Crippen molar-refractivity contribution in [2.45, 2.75) is 0 Å². The van der Waals surface area contributed by atoms with Crippen LogP contribution in [-0.4, -0.2) is 11.1 Å². The third-order valence-electron chi connectivity index (χ3n) is 0.562. The van der Waals surface area contributed by atoms with Gasteiger partial charge in [-0.1, -0.05) is 6.42 Å². The van der Waals surface area contributed by atoms with Gasteiger partial charge in [0.25, 0.3) is 0 Å². The van der Waals surface area contributed by atoms with Gasteiger partial charge in [0.2, 0.25) is 5.76 Å². The van der Waals surface area contributed by atoms with Gasteiger partial charge in [-0.25, -0.2) is 4.79 Å². The maximum Gasteiger partial charge on any atom is 0.388 e. The first kappa shape index (κ1) is 8.06. The van der Waals surface area contributed by atoms with E-state index in [2.05, 4.69) is 11.2 Å². The van der Waals surface area contributed by atoms with Gasteiger partial charge in [-0.2, -0.15) is 5.26 Å². The van der Waals surface area contributed by atoms with E-state index < -0.39 is 11.7 Å². The molecule has 0 atom stereocenters. The number of rotatable bonds is 1. The lowest BCUT2D eigenvalue weighted by Crippen LogP contribution is -2.02. The third-order valence-corrected chi connectivity index (χ3v) is 0.562. The average Bonchev–Trinajstić information content (AvgIpc) is 1.89. The van der Waals surface area contributed by atoms with Crippen molar-refractivity contribution in [2.75, 3.05) is 0 Å². The summed E-state index contributed by atoms with van der Waals surface area (Å²) in [6.07, 6.45) is 6.72. The van der Waals surface area contributed by atoms with Gasteiger partial charge < -0.3 is 9.84 Å². The fourth-order valence-corrected chi connectivity index (χ4v) is 0.226. The first-order valence-electron chi connectivity index (χ1n) is 2.18. The molecule has 4 heteroatoms. The minimum atomic E-state index is -1.11. The van der Waals surface area contributed by atoms with Crippen molar-refractivity contribution in [1.29, 1.82) is 5.26 Å². The number of hydrogen-bond acceptors (Lipinski definition) is 4.